The molecule has 0 spiro atoms. The normalized spacial score (nSPS) is 19.1. The van der Waals surface area contributed by atoms with Crippen LogP contribution in [0.3, 0.4) is 0 Å². The molecule has 3 heterocycles. The van der Waals surface area contributed by atoms with Crippen LogP contribution in [-0.4, -0.2) is 86.6 Å². The molecule has 2 saturated carbocycles. The summed E-state index contributed by atoms with van der Waals surface area (Å²) in [4.78, 5) is 69.3. The largest absolute Gasteiger partial charge is 0.444 e. The van der Waals surface area contributed by atoms with Crippen LogP contribution < -0.4 is 21.5 Å². The van der Waals surface area contributed by atoms with Crippen LogP contribution in [0, 0.1) is 11.8 Å². The van der Waals surface area contributed by atoms with Gasteiger partial charge in [-0.15, -0.1) is 0 Å². The summed E-state index contributed by atoms with van der Waals surface area (Å²) < 4.78 is 32.4. The van der Waals surface area contributed by atoms with E-state index in [-0.39, 0.29) is 45.4 Å². The first-order valence-electron chi connectivity index (χ1n) is 18.8. The summed E-state index contributed by atoms with van der Waals surface area (Å²) in [5.41, 5.74) is 6.81. The van der Waals surface area contributed by atoms with E-state index >= 15 is 0 Å². The summed E-state index contributed by atoms with van der Waals surface area (Å²) in [5, 5.41) is 2.05. The number of aromatic amines is 1. The number of imidazole rings is 1. The Morgan fingerprint density at radius 1 is 1.09 bits per heavy atom. The van der Waals surface area contributed by atoms with Crippen molar-refractivity contribution in [2.75, 3.05) is 13.1 Å². The molecule has 0 radical (unpaired) electrons. The first-order valence-corrected chi connectivity index (χ1v) is 20.3. The lowest BCUT2D eigenvalue weighted by atomic mass is 10.2. The molecular formula is C38H60N8O8S. The second-order valence-corrected chi connectivity index (χ2v) is 16.9. The number of primary amides is 1. The van der Waals surface area contributed by atoms with E-state index in [1.165, 1.54) is 30.4 Å². The topological polar surface area (TPSA) is 229 Å². The Hall–Kier alpha value is -5.06. The van der Waals surface area contributed by atoms with E-state index in [1.807, 2.05) is 34.9 Å². The van der Waals surface area contributed by atoms with Crippen molar-refractivity contribution in [3.8, 4) is 0 Å². The van der Waals surface area contributed by atoms with Crippen LogP contribution in [0.2, 0.25) is 0 Å². The number of rotatable bonds is 13. The van der Waals surface area contributed by atoms with Crippen LogP contribution in [0.4, 0.5) is 4.79 Å². The molecule has 1 aromatic carbocycles. The number of nitrogens with one attached hydrogen (secondary N) is 3. The molecule has 2 aromatic heterocycles. The SMILES string of the molecule is CC(C)(C)OC(=O)NCC(=O)N1CCC[C@H]1C(N)=O.CCCCC/C=C\[C@@H]1C[C@@H]1C(=O)NS(=O)(=O)C1CC1.O=c1ncc2ncn(Cc3ccccc3)c2[nH]1.[HH].[HH].[HH]. The van der Waals surface area contributed by atoms with E-state index in [1.54, 1.807) is 27.1 Å². The minimum atomic E-state index is -3.37. The number of likely N-dealkylation sites (tertiary alicyclic amines) is 1. The summed E-state index contributed by atoms with van der Waals surface area (Å²) in [5.74, 6) is -1.03. The molecule has 1 aliphatic heterocycles. The van der Waals surface area contributed by atoms with E-state index in [4.69, 9.17) is 10.5 Å². The summed E-state index contributed by atoms with van der Waals surface area (Å²) >= 11 is 0. The quantitative estimate of drug-likeness (QED) is 0.142. The number of nitrogens with two attached hydrogens (primary N) is 1. The summed E-state index contributed by atoms with van der Waals surface area (Å²) in [6.07, 6.45) is 14.9. The van der Waals surface area contributed by atoms with Crippen LogP contribution in [0.25, 0.3) is 11.2 Å². The third kappa shape index (κ3) is 13.9. The predicted octanol–water partition coefficient (Wildman–Crippen LogP) is 4.26. The Morgan fingerprint density at radius 2 is 1.82 bits per heavy atom. The Bertz CT molecular complexity index is 1990. The van der Waals surface area contributed by atoms with Gasteiger partial charge in [0.15, 0.2) is 0 Å². The van der Waals surface area contributed by atoms with Crippen LogP contribution in [0.5, 0.6) is 0 Å². The molecule has 4 amide bonds. The Balaban J connectivity index is 0.000000424. The average Bonchev–Trinajstić information content (AvgIpc) is 4.04. The molecule has 306 valence electrons. The van der Waals surface area contributed by atoms with Crippen LogP contribution >= 0.6 is 0 Å². The second kappa shape index (κ2) is 19.5. The van der Waals surface area contributed by atoms with Gasteiger partial charge in [-0.2, -0.15) is 4.98 Å². The number of alkyl carbamates (subject to hydrolysis) is 1. The van der Waals surface area contributed by atoms with E-state index < -0.39 is 33.7 Å². The molecular weight excluding hydrogens is 729 g/mol. The maximum atomic E-state index is 11.9. The fourth-order valence-electron chi connectivity index (χ4n) is 5.90. The van der Waals surface area contributed by atoms with Gasteiger partial charge in [0.05, 0.1) is 24.3 Å². The number of H-pyrrole nitrogens is 1. The standard InChI is InChI=1S/C14H23NO3S.C12H10N4O.C12H21N3O4.3H2/c1-2-3-4-5-6-7-11-10-13(11)14(16)15-19(17,18)12-8-9-12;17-12-13-6-10-11(15-12)16(8-14-10)7-9-4-2-1-3-5-9;1-12(2,3)19-11(18)14-7-9(16)15-6-4-5-8(15)10(13)17;;;/h6-7,11-13H,2-5,8-10H2,1H3,(H,15,16);1-6,8H,7H2,(H,13,15,17);8H,4-7H2,1-3H3,(H2,13,17)(H,14,18);3*1H/b7-6-;;;;;/t11-,13+;;8-;;;/m1.0.../s1. The van der Waals surface area contributed by atoms with Crippen molar-refractivity contribution in [1.82, 2.24) is 34.5 Å². The number of amides is 4. The lowest BCUT2D eigenvalue weighted by Gasteiger charge is -2.23. The first kappa shape index (κ1) is 42.7. The number of nitrogens with zero attached hydrogens (tertiary/aromatic N) is 4. The molecule has 5 N–H and O–H groups in total. The molecule has 3 aromatic rings. The number of sulfonamides is 1. The van der Waals surface area contributed by atoms with Crippen molar-refractivity contribution < 1.29 is 36.6 Å². The second-order valence-electron chi connectivity index (χ2n) is 14.9. The third-order valence-electron chi connectivity index (χ3n) is 9.02. The van der Waals surface area contributed by atoms with E-state index in [9.17, 15) is 32.4 Å². The zero-order chi connectivity index (χ0) is 40.2. The van der Waals surface area contributed by atoms with Gasteiger partial charge in [0, 0.05) is 16.7 Å². The van der Waals surface area contributed by atoms with Gasteiger partial charge in [-0.25, -0.2) is 23.0 Å². The number of benzene rings is 1. The maximum Gasteiger partial charge on any atom is 0.408 e. The third-order valence-corrected chi connectivity index (χ3v) is 10.9. The number of carbonyl (C=O) groups is 4. The van der Waals surface area contributed by atoms with Crippen LogP contribution in [-0.2, 0) is 35.7 Å². The molecule has 0 bridgehead atoms. The number of hydrogen-bond acceptors (Lipinski definition) is 10. The zero-order valence-electron chi connectivity index (χ0n) is 32.0. The minimum absolute atomic E-state index is 0. The van der Waals surface area contributed by atoms with Crippen molar-refractivity contribution in [3.63, 3.8) is 0 Å². The highest BCUT2D eigenvalue weighted by Gasteiger charge is 2.45. The molecule has 17 heteroatoms. The molecule has 16 nitrogen and oxygen atoms in total. The van der Waals surface area contributed by atoms with Gasteiger partial charge in [-0.3, -0.25) is 24.1 Å². The number of fused-ring (bicyclic) bond motifs is 1. The minimum Gasteiger partial charge on any atom is -0.444 e. The fourth-order valence-corrected chi connectivity index (χ4v) is 7.25. The van der Waals surface area contributed by atoms with Gasteiger partial charge in [0.1, 0.15) is 29.4 Å². The van der Waals surface area contributed by atoms with Gasteiger partial charge in [-0.1, -0.05) is 62.2 Å². The van der Waals surface area contributed by atoms with E-state index in [2.05, 4.69) is 44.1 Å². The summed E-state index contributed by atoms with van der Waals surface area (Å²) in [6.45, 7) is 8.34. The molecule has 6 rings (SSSR count). The molecule has 55 heavy (non-hydrogen) atoms. The van der Waals surface area contributed by atoms with Gasteiger partial charge in [0.25, 0.3) is 0 Å². The van der Waals surface area contributed by atoms with Crippen molar-refractivity contribution in [2.45, 2.75) is 109 Å². The lowest BCUT2D eigenvalue weighted by Crippen LogP contribution is -2.48. The Kier molecular flexibility index (Phi) is 15.1. The molecule has 3 fully saturated rings. The molecule has 3 aliphatic rings. The Labute approximate surface area is 326 Å². The predicted molar refractivity (Wildman–Crippen MR) is 213 cm³/mol. The zero-order valence-corrected chi connectivity index (χ0v) is 32.8. The van der Waals surface area contributed by atoms with Crippen LogP contribution in [0.15, 0.2) is 59.8 Å². The van der Waals surface area contributed by atoms with Crippen molar-refractivity contribution >= 4 is 45.0 Å². The number of hydrogen-bond donors (Lipinski definition) is 4. The fraction of sp³-hybridized carbons (Fsp3) is 0.553. The van der Waals surface area contributed by atoms with Gasteiger partial charge in [0.2, 0.25) is 27.7 Å². The number of ether oxygens (including phenoxy) is 1. The van der Waals surface area contributed by atoms with Gasteiger partial charge >= 0.3 is 11.8 Å². The van der Waals surface area contributed by atoms with Crippen LogP contribution in [0.1, 0.15) is 95.3 Å². The summed E-state index contributed by atoms with van der Waals surface area (Å²) in [7, 11) is -3.37. The highest BCUT2D eigenvalue weighted by atomic mass is 32.2. The first-order chi connectivity index (χ1) is 26.1. The molecule has 0 unspecified atom stereocenters. The van der Waals surface area contributed by atoms with Crippen molar-refractivity contribution in [3.05, 3.63) is 71.1 Å². The number of aromatic nitrogens is 4. The number of allylic oxidation sites excluding steroid dienone is 2. The number of unbranched alkanes of at least 4 members (excludes halogenated alkanes) is 3. The molecule has 2 aliphatic carbocycles. The van der Waals surface area contributed by atoms with Gasteiger partial charge in [-0.05, 0) is 77.2 Å². The lowest BCUT2D eigenvalue weighted by molar-refractivity contribution is -0.136. The smallest absolute Gasteiger partial charge is 0.408 e. The van der Waals surface area contributed by atoms with E-state index in [0.29, 0.717) is 43.5 Å². The molecule has 3 atom stereocenters. The maximum absolute atomic E-state index is 11.9. The van der Waals surface area contributed by atoms with Gasteiger partial charge < -0.3 is 25.3 Å². The molecule has 1 saturated heterocycles. The Morgan fingerprint density at radius 3 is 2.47 bits per heavy atom. The van der Waals surface area contributed by atoms with Crippen molar-refractivity contribution in [2.24, 2.45) is 17.6 Å². The number of carbonyl (C=O) groups excluding carboxylic acids is 4. The monoisotopic (exact) mass is 788 g/mol. The average molecular weight is 789 g/mol. The van der Waals surface area contributed by atoms with Crippen molar-refractivity contribution in [1.29, 1.82) is 0 Å². The highest BCUT2D eigenvalue weighted by Crippen LogP contribution is 2.40. The van der Waals surface area contributed by atoms with E-state index in [0.717, 1.165) is 24.8 Å². The highest BCUT2D eigenvalue weighted by molar-refractivity contribution is 7.90. The summed E-state index contributed by atoms with van der Waals surface area (Å²) in [6, 6.07) is 9.45.